The predicted molar refractivity (Wildman–Crippen MR) is 179 cm³/mol. The van der Waals surface area contributed by atoms with Gasteiger partial charge in [0.15, 0.2) is 5.71 Å². The number of nitrogens with zero attached hydrogens (tertiary/aromatic N) is 2. The molecule has 1 amide bonds. The van der Waals surface area contributed by atoms with E-state index in [1.165, 1.54) is 24.3 Å². The maximum atomic E-state index is 12.0. The van der Waals surface area contributed by atoms with Crippen molar-refractivity contribution in [3.63, 3.8) is 0 Å². The second-order valence-electron chi connectivity index (χ2n) is 12.7. The fourth-order valence-corrected chi connectivity index (χ4v) is 7.49. The van der Waals surface area contributed by atoms with Gasteiger partial charge in [-0.2, -0.15) is 21.4 Å². The fourth-order valence-electron chi connectivity index (χ4n) is 6.47. The van der Waals surface area contributed by atoms with Crippen molar-refractivity contribution in [3.8, 4) is 0 Å². The molecule has 0 atom stereocenters. The summed E-state index contributed by atoms with van der Waals surface area (Å²) in [6.07, 6.45) is 8.72. The van der Waals surface area contributed by atoms with Crippen LogP contribution in [0.1, 0.15) is 71.4 Å². The van der Waals surface area contributed by atoms with Gasteiger partial charge >= 0.3 is 0 Å². The van der Waals surface area contributed by atoms with Crippen LogP contribution in [-0.4, -0.2) is 68.3 Å². The highest BCUT2D eigenvalue weighted by Crippen LogP contribution is 2.48. The minimum absolute atomic E-state index is 0.0219. The molecule has 0 bridgehead atoms. The number of hydrogen-bond donors (Lipinski definition) is 4. The molecule has 46 heavy (non-hydrogen) atoms. The van der Waals surface area contributed by atoms with Crippen LogP contribution in [0.5, 0.6) is 0 Å². The van der Waals surface area contributed by atoms with Crippen molar-refractivity contribution in [1.29, 1.82) is 0 Å². The van der Waals surface area contributed by atoms with Gasteiger partial charge in [-0.05, 0) is 75.6 Å². The van der Waals surface area contributed by atoms with Crippen molar-refractivity contribution in [2.45, 2.75) is 80.9 Å². The molecule has 250 valence electrons. The van der Waals surface area contributed by atoms with Gasteiger partial charge in [-0.3, -0.25) is 13.9 Å². The number of nitrogens with one attached hydrogen (secondary N) is 1. The number of carbonyl (C=O) groups excluding carboxylic acids is 1. The van der Waals surface area contributed by atoms with Gasteiger partial charge in [0, 0.05) is 67.0 Å². The summed E-state index contributed by atoms with van der Waals surface area (Å²) >= 11 is 0. The Bertz CT molecular complexity index is 1830. The van der Waals surface area contributed by atoms with E-state index in [1.807, 2.05) is 52.8 Å². The summed E-state index contributed by atoms with van der Waals surface area (Å²) in [5.74, 6) is -0.0219. The van der Waals surface area contributed by atoms with Crippen molar-refractivity contribution in [3.05, 3.63) is 71.5 Å². The molecule has 4 rings (SSSR count). The van der Waals surface area contributed by atoms with E-state index in [9.17, 15) is 30.7 Å². The first kappa shape index (κ1) is 35.5. The average Bonchev–Trinajstić information content (AvgIpc) is 3.32. The highest BCUT2D eigenvalue weighted by atomic mass is 32.2. The molecule has 2 aromatic rings. The summed E-state index contributed by atoms with van der Waals surface area (Å²) in [6, 6.07) is 9.32. The molecule has 0 spiro atoms. The van der Waals surface area contributed by atoms with E-state index in [-0.39, 0.29) is 15.7 Å². The summed E-state index contributed by atoms with van der Waals surface area (Å²) < 4.78 is 69.3. The highest BCUT2D eigenvalue weighted by Gasteiger charge is 2.45. The summed E-state index contributed by atoms with van der Waals surface area (Å²) in [6.45, 7) is 12.2. The third kappa shape index (κ3) is 7.13. The smallest absolute Gasteiger partial charge is 0.294 e. The van der Waals surface area contributed by atoms with Gasteiger partial charge in [0.05, 0.1) is 15.2 Å². The van der Waals surface area contributed by atoms with Crippen LogP contribution in [0.15, 0.2) is 70.1 Å². The third-order valence-corrected chi connectivity index (χ3v) is 10.6. The SMILES string of the molecule is CCN1C(=CC=CC2=[N+](CCCCCC(=O)NCCN)c3ccc(S(=O)(=O)O)cc3C2(C)C)C(C)(C)c2cc(S(=O)(=O)O)ccc21. The number of rotatable bonds is 13. The summed E-state index contributed by atoms with van der Waals surface area (Å²) in [4.78, 5) is 13.8. The minimum Gasteiger partial charge on any atom is -0.355 e. The van der Waals surface area contributed by atoms with Crippen LogP contribution in [0, 0.1) is 0 Å². The molecule has 2 aromatic carbocycles. The van der Waals surface area contributed by atoms with Gasteiger partial charge in [0.1, 0.15) is 6.54 Å². The maximum Gasteiger partial charge on any atom is 0.294 e. The maximum absolute atomic E-state index is 12.0. The standard InChI is InChI=1S/C33H44N4O7S2/c1-6-36-27-16-14-23(45(39,40)41)21-25(27)32(2,3)29(36)11-10-12-30-33(4,5)26-22-24(46(42,43)44)15-17-28(26)37(30)20-9-7-8-13-31(38)35-19-18-34/h10-12,14-17,21-22H,6-9,13,18-20,34H2,1-5H3,(H2-,35,38,39,40,41,42,43,44)/p+1. The number of carbonyl (C=O) groups is 1. The summed E-state index contributed by atoms with van der Waals surface area (Å²) in [5, 5.41) is 2.78. The average molecular weight is 674 g/mol. The Kier molecular flexibility index (Phi) is 10.3. The number of likely N-dealkylation sites (N-methyl/N-ethyl adjacent to an activating group) is 1. The van der Waals surface area contributed by atoms with Crippen molar-refractivity contribution in [2.75, 3.05) is 31.1 Å². The van der Waals surface area contributed by atoms with E-state index < -0.39 is 31.1 Å². The molecule has 2 aliphatic heterocycles. The Morgan fingerprint density at radius 3 is 2.17 bits per heavy atom. The van der Waals surface area contributed by atoms with E-state index in [2.05, 4.69) is 14.8 Å². The third-order valence-electron chi connectivity index (χ3n) is 8.90. The first-order valence-electron chi connectivity index (χ1n) is 15.5. The zero-order valence-electron chi connectivity index (χ0n) is 27.1. The summed E-state index contributed by atoms with van der Waals surface area (Å²) in [5.41, 5.74) is 9.49. The normalized spacial score (nSPS) is 18.0. The quantitative estimate of drug-likeness (QED) is 0.136. The number of benzene rings is 2. The number of unbranched alkanes of at least 4 members (excludes halogenated alkanes) is 2. The zero-order chi connectivity index (χ0) is 34.1. The molecule has 2 heterocycles. The van der Waals surface area contributed by atoms with E-state index in [1.54, 1.807) is 12.1 Å². The Balaban J connectivity index is 1.68. The molecule has 0 saturated carbocycles. The van der Waals surface area contributed by atoms with Crippen LogP contribution < -0.4 is 16.0 Å². The van der Waals surface area contributed by atoms with Gasteiger partial charge in [-0.25, -0.2) is 0 Å². The van der Waals surface area contributed by atoms with Gasteiger partial charge in [0.2, 0.25) is 11.6 Å². The second-order valence-corrected chi connectivity index (χ2v) is 15.5. The lowest BCUT2D eigenvalue weighted by atomic mass is 9.81. The molecule has 5 N–H and O–H groups in total. The van der Waals surface area contributed by atoms with Crippen molar-refractivity contribution in [2.24, 2.45) is 5.73 Å². The molecule has 0 aliphatic carbocycles. The molecule has 0 radical (unpaired) electrons. The Morgan fingerprint density at radius 1 is 0.935 bits per heavy atom. The lowest BCUT2D eigenvalue weighted by Gasteiger charge is -2.25. The van der Waals surface area contributed by atoms with Crippen LogP contribution >= 0.6 is 0 Å². The lowest BCUT2D eigenvalue weighted by Crippen LogP contribution is -2.29. The van der Waals surface area contributed by atoms with E-state index in [4.69, 9.17) is 5.73 Å². The molecule has 13 heteroatoms. The predicted octanol–water partition coefficient (Wildman–Crippen LogP) is 4.45. The first-order chi connectivity index (χ1) is 21.4. The van der Waals surface area contributed by atoms with Crippen LogP contribution in [0.4, 0.5) is 11.4 Å². The molecule has 0 saturated heterocycles. The van der Waals surface area contributed by atoms with Crippen LogP contribution in [0.25, 0.3) is 0 Å². The second kappa shape index (κ2) is 13.4. The van der Waals surface area contributed by atoms with Crippen molar-refractivity contribution in [1.82, 2.24) is 5.32 Å². The fraction of sp³-hybridized carbons (Fsp3) is 0.455. The van der Waals surface area contributed by atoms with Crippen LogP contribution in [0.2, 0.25) is 0 Å². The molecule has 0 aromatic heterocycles. The molecule has 0 unspecified atom stereocenters. The Morgan fingerprint density at radius 2 is 1.57 bits per heavy atom. The lowest BCUT2D eigenvalue weighted by molar-refractivity contribution is -0.438. The number of anilines is 1. The number of nitrogens with two attached hydrogens (primary N) is 1. The largest absolute Gasteiger partial charge is 0.355 e. The Hall–Kier alpha value is -3.36. The number of allylic oxidation sites excluding steroid dienone is 4. The number of fused-ring (bicyclic) bond motifs is 2. The van der Waals surface area contributed by atoms with Gasteiger partial charge in [0.25, 0.3) is 20.2 Å². The van der Waals surface area contributed by atoms with E-state index >= 15 is 0 Å². The zero-order valence-corrected chi connectivity index (χ0v) is 28.7. The number of amides is 1. The van der Waals surface area contributed by atoms with Gasteiger partial charge in [-0.1, -0.05) is 19.9 Å². The topological polar surface area (TPSA) is 170 Å². The number of hydrogen-bond acceptors (Lipinski definition) is 7. The Labute approximate surface area is 272 Å². The summed E-state index contributed by atoms with van der Waals surface area (Å²) in [7, 11) is -8.76. The molecule has 11 nitrogen and oxygen atoms in total. The monoisotopic (exact) mass is 673 g/mol. The van der Waals surface area contributed by atoms with Crippen LogP contribution in [0.3, 0.4) is 0 Å². The van der Waals surface area contributed by atoms with Crippen molar-refractivity contribution >= 4 is 43.2 Å². The van der Waals surface area contributed by atoms with Gasteiger partial charge < -0.3 is 16.0 Å². The van der Waals surface area contributed by atoms with E-state index in [0.29, 0.717) is 32.6 Å². The minimum atomic E-state index is -4.40. The molecule has 2 aliphatic rings. The van der Waals surface area contributed by atoms with E-state index in [0.717, 1.165) is 53.2 Å². The molecule has 0 fully saturated rings. The van der Waals surface area contributed by atoms with Gasteiger partial charge in [-0.15, -0.1) is 0 Å². The van der Waals surface area contributed by atoms with Crippen LogP contribution in [-0.2, 0) is 35.9 Å². The molecular formula is C33H45N4O7S2+. The molecular weight excluding hydrogens is 629 g/mol. The highest BCUT2D eigenvalue weighted by molar-refractivity contribution is 7.86. The van der Waals surface area contributed by atoms with Crippen molar-refractivity contribution < 1.29 is 35.3 Å². The first-order valence-corrected chi connectivity index (χ1v) is 18.3.